The normalized spacial score (nSPS) is 20.8. The molecule has 3 atom stereocenters. The van der Waals surface area contributed by atoms with Gasteiger partial charge in [0, 0.05) is 43.7 Å². The van der Waals surface area contributed by atoms with E-state index in [1.165, 1.54) is 0 Å². The molecule has 3 unspecified atom stereocenters. The Hall–Kier alpha value is -2.90. The number of benzene rings is 2. The molecule has 2 aliphatic heterocycles. The van der Waals surface area contributed by atoms with Gasteiger partial charge in [-0.05, 0) is 59.6 Å². The zero-order valence-corrected chi connectivity index (χ0v) is 24.7. The first-order chi connectivity index (χ1) is 19.2. The topological polar surface area (TPSA) is 96.1 Å². The van der Waals surface area contributed by atoms with Crippen molar-refractivity contribution in [3.63, 3.8) is 0 Å². The lowest BCUT2D eigenvalue weighted by Crippen LogP contribution is -2.46. The zero-order valence-electron chi connectivity index (χ0n) is 24.7. The molecular weight excluding hydrogens is 502 g/mol. The number of amides is 1. The van der Waals surface area contributed by atoms with Gasteiger partial charge in [0.25, 0.3) is 0 Å². The minimum atomic E-state index is -0.785. The third-order valence-electron chi connectivity index (χ3n) is 8.70. The van der Waals surface area contributed by atoms with Crippen molar-refractivity contribution in [2.75, 3.05) is 31.1 Å². The van der Waals surface area contributed by atoms with Crippen LogP contribution in [0, 0.1) is 11.3 Å². The highest BCUT2D eigenvalue weighted by atomic mass is 16.5. The van der Waals surface area contributed by atoms with Crippen LogP contribution in [0.25, 0.3) is 0 Å². The van der Waals surface area contributed by atoms with Gasteiger partial charge in [-0.1, -0.05) is 64.8 Å². The number of aliphatic carboxylic acids is 1. The highest BCUT2D eigenvalue weighted by Crippen LogP contribution is 2.44. The molecule has 2 aromatic rings. The van der Waals surface area contributed by atoms with Gasteiger partial charge in [0.05, 0.1) is 19.1 Å². The molecule has 0 aliphatic carbocycles. The highest BCUT2D eigenvalue weighted by Gasteiger charge is 2.48. The lowest BCUT2D eigenvalue weighted by molar-refractivity contribution is -0.143. The SMILES string of the molecule is CCCCN(C(=O)CN1CC(c2ccc3c(c2)CCO3)C(C(=O)O)C1CC(C)(C)CCC)c1cccc(CN)c1. The number of ether oxygens (including phenoxy) is 1. The fourth-order valence-corrected chi connectivity index (χ4v) is 6.69. The van der Waals surface area contributed by atoms with E-state index in [0.717, 1.165) is 66.7 Å². The van der Waals surface area contributed by atoms with Gasteiger partial charge in [-0.25, -0.2) is 0 Å². The van der Waals surface area contributed by atoms with E-state index in [-0.39, 0.29) is 29.8 Å². The number of carbonyl (C=O) groups is 2. The number of unbranched alkanes of at least 4 members (excludes halogenated alkanes) is 1. The summed E-state index contributed by atoms with van der Waals surface area (Å²) in [6, 6.07) is 13.8. The van der Waals surface area contributed by atoms with E-state index in [9.17, 15) is 14.7 Å². The van der Waals surface area contributed by atoms with Crippen molar-refractivity contribution in [3.8, 4) is 5.75 Å². The Bertz CT molecular complexity index is 1180. The third-order valence-corrected chi connectivity index (χ3v) is 8.70. The summed E-state index contributed by atoms with van der Waals surface area (Å²) in [4.78, 5) is 31.0. The van der Waals surface area contributed by atoms with Gasteiger partial charge >= 0.3 is 5.97 Å². The van der Waals surface area contributed by atoms with Crippen molar-refractivity contribution in [2.45, 2.75) is 84.7 Å². The van der Waals surface area contributed by atoms with E-state index >= 15 is 0 Å². The number of fused-ring (bicyclic) bond motifs is 1. The zero-order chi connectivity index (χ0) is 28.9. The van der Waals surface area contributed by atoms with Gasteiger partial charge in [-0.3, -0.25) is 14.5 Å². The molecule has 7 heteroatoms. The second kappa shape index (κ2) is 13.2. The van der Waals surface area contributed by atoms with Crippen LogP contribution in [0.1, 0.15) is 82.4 Å². The van der Waals surface area contributed by atoms with Crippen LogP contribution in [0.4, 0.5) is 5.69 Å². The summed E-state index contributed by atoms with van der Waals surface area (Å²) in [6.07, 6.45) is 5.48. The van der Waals surface area contributed by atoms with E-state index in [1.807, 2.05) is 41.3 Å². The summed E-state index contributed by atoms with van der Waals surface area (Å²) >= 11 is 0. The molecule has 0 radical (unpaired) electrons. The first-order valence-corrected chi connectivity index (χ1v) is 15.0. The molecule has 40 heavy (non-hydrogen) atoms. The summed E-state index contributed by atoms with van der Waals surface area (Å²) in [5.41, 5.74) is 9.88. The largest absolute Gasteiger partial charge is 0.493 e. The van der Waals surface area contributed by atoms with Crippen LogP contribution in [-0.2, 0) is 22.6 Å². The molecule has 2 heterocycles. The minimum absolute atomic E-state index is 0.00746. The van der Waals surface area contributed by atoms with Crippen molar-refractivity contribution >= 4 is 17.6 Å². The molecular formula is C33H47N3O4. The number of carboxylic acids is 1. The van der Waals surface area contributed by atoms with Crippen molar-refractivity contribution < 1.29 is 19.4 Å². The van der Waals surface area contributed by atoms with Crippen LogP contribution in [-0.4, -0.2) is 54.2 Å². The number of hydrogen-bond acceptors (Lipinski definition) is 5. The van der Waals surface area contributed by atoms with E-state index < -0.39 is 11.9 Å². The lowest BCUT2D eigenvalue weighted by atomic mass is 9.76. The molecule has 2 aliphatic rings. The molecule has 2 aromatic carbocycles. The first-order valence-electron chi connectivity index (χ1n) is 15.0. The van der Waals surface area contributed by atoms with Crippen LogP contribution in [0.3, 0.4) is 0 Å². The van der Waals surface area contributed by atoms with Crippen molar-refractivity contribution in [1.82, 2.24) is 4.90 Å². The van der Waals surface area contributed by atoms with E-state index in [0.29, 0.717) is 26.2 Å². The monoisotopic (exact) mass is 549 g/mol. The molecule has 7 nitrogen and oxygen atoms in total. The first kappa shape index (κ1) is 30.1. The van der Waals surface area contributed by atoms with Crippen LogP contribution < -0.4 is 15.4 Å². The maximum absolute atomic E-state index is 14.0. The molecule has 4 rings (SSSR count). The third kappa shape index (κ3) is 6.87. The summed E-state index contributed by atoms with van der Waals surface area (Å²) in [7, 11) is 0. The quantitative estimate of drug-likeness (QED) is 0.338. The molecule has 3 N–H and O–H groups in total. The number of nitrogens with zero attached hydrogens (tertiary/aromatic N) is 2. The number of carboxylic acid groups (broad SMARTS) is 1. The van der Waals surface area contributed by atoms with Gasteiger partial charge in [-0.2, -0.15) is 0 Å². The van der Waals surface area contributed by atoms with Gasteiger partial charge in [0.15, 0.2) is 0 Å². The van der Waals surface area contributed by atoms with Crippen molar-refractivity contribution in [2.24, 2.45) is 17.1 Å². The predicted octanol–water partition coefficient (Wildman–Crippen LogP) is 5.60. The van der Waals surface area contributed by atoms with Crippen LogP contribution in [0.2, 0.25) is 0 Å². The Kier molecular flexibility index (Phi) is 9.90. The Morgan fingerprint density at radius 1 is 1.15 bits per heavy atom. The van der Waals surface area contributed by atoms with Crippen molar-refractivity contribution in [3.05, 3.63) is 59.2 Å². The highest BCUT2D eigenvalue weighted by molar-refractivity contribution is 5.95. The number of anilines is 1. The van der Waals surface area contributed by atoms with E-state index in [4.69, 9.17) is 10.5 Å². The Balaban J connectivity index is 1.67. The summed E-state index contributed by atoms with van der Waals surface area (Å²) in [5, 5.41) is 10.6. The Morgan fingerprint density at radius 2 is 1.95 bits per heavy atom. The smallest absolute Gasteiger partial charge is 0.308 e. The summed E-state index contributed by atoms with van der Waals surface area (Å²) in [6.45, 7) is 11.2. The molecule has 0 aromatic heterocycles. The Labute approximate surface area is 239 Å². The Morgan fingerprint density at radius 3 is 2.65 bits per heavy atom. The van der Waals surface area contributed by atoms with Gasteiger partial charge in [0.1, 0.15) is 5.75 Å². The second-order valence-electron chi connectivity index (χ2n) is 12.3. The molecule has 1 saturated heterocycles. The fourth-order valence-electron chi connectivity index (χ4n) is 6.69. The molecule has 218 valence electrons. The number of carbonyl (C=O) groups excluding carboxylic acids is 1. The molecule has 1 fully saturated rings. The molecule has 0 bridgehead atoms. The second-order valence-corrected chi connectivity index (χ2v) is 12.3. The van der Waals surface area contributed by atoms with E-state index in [1.54, 1.807) is 0 Å². The number of likely N-dealkylation sites (tertiary alicyclic amines) is 1. The fraction of sp³-hybridized carbons (Fsp3) is 0.576. The van der Waals surface area contributed by atoms with Crippen LogP contribution in [0.15, 0.2) is 42.5 Å². The number of hydrogen-bond donors (Lipinski definition) is 2. The number of rotatable bonds is 13. The average Bonchev–Trinajstić information content (AvgIpc) is 3.53. The minimum Gasteiger partial charge on any atom is -0.493 e. The summed E-state index contributed by atoms with van der Waals surface area (Å²) in [5.74, 6) is -0.662. The van der Waals surface area contributed by atoms with Crippen molar-refractivity contribution in [1.29, 1.82) is 0 Å². The van der Waals surface area contributed by atoms with E-state index in [2.05, 4.69) is 38.7 Å². The maximum atomic E-state index is 14.0. The number of nitrogens with two attached hydrogens (primary N) is 1. The molecule has 0 saturated carbocycles. The van der Waals surface area contributed by atoms with Crippen LogP contribution >= 0.6 is 0 Å². The average molecular weight is 550 g/mol. The predicted molar refractivity (Wildman–Crippen MR) is 160 cm³/mol. The van der Waals surface area contributed by atoms with Gasteiger partial charge in [-0.15, -0.1) is 0 Å². The molecule has 1 amide bonds. The lowest BCUT2D eigenvalue weighted by Gasteiger charge is -2.35. The van der Waals surface area contributed by atoms with Gasteiger partial charge in [0.2, 0.25) is 5.91 Å². The van der Waals surface area contributed by atoms with Gasteiger partial charge < -0.3 is 20.5 Å². The molecule has 0 spiro atoms. The maximum Gasteiger partial charge on any atom is 0.308 e. The van der Waals surface area contributed by atoms with Crippen LogP contribution in [0.5, 0.6) is 5.75 Å². The standard InChI is InChI=1S/C33H47N3O4/c1-5-7-15-36(26-10-8-9-23(17-26)20-34)30(37)22-35-21-27(24-11-12-29-25(18-24)13-16-40-29)31(32(38)39)28(35)19-33(3,4)14-6-2/h8-12,17-18,27-28,31H,5-7,13-16,19-22,34H2,1-4H3,(H,38,39). The summed E-state index contributed by atoms with van der Waals surface area (Å²) < 4.78 is 5.71.